The lowest BCUT2D eigenvalue weighted by Crippen LogP contribution is -2.18. The number of rotatable bonds is 5. The van der Waals surface area contributed by atoms with Gasteiger partial charge in [-0.2, -0.15) is 13.2 Å². The lowest BCUT2D eigenvalue weighted by molar-refractivity contribution is -0.137. The molecular weight excluding hydrogens is 604 g/mol. The summed E-state index contributed by atoms with van der Waals surface area (Å²) in [5, 5.41) is 3.70. The van der Waals surface area contributed by atoms with Crippen LogP contribution in [-0.2, 0) is 11.0 Å². The van der Waals surface area contributed by atoms with Crippen LogP contribution in [0.1, 0.15) is 27.4 Å². The summed E-state index contributed by atoms with van der Waals surface area (Å²) in [6, 6.07) is 7.02. The van der Waals surface area contributed by atoms with Crippen molar-refractivity contribution in [2.75, 3.05) is 10.6 Å². The van der Waals surface area contributed by atoms with E-state index in [1.807, 2.05) is 0 Å². The second kappa shape index (κ2) is 10.1. The molecule has 4 nitrogen and oxygen atoms in total. The van der Waals surface area contributed by atoms with Gasteiger partial charge < -0.3 is 10.6 Å². The monoisotopic (exact) mass is 614 g/mol. The van der Waals surface area contributed by atoms with Crippen LogP contribution in [0.5, 0.6) is 0 Å². The molecule has 1 aliphatic carbocycles. The van der Waals surface area contributed by atoms with E-state index >= 15 is 0 Å². The summed E-state index contributed by atoms with van der Waals surface area (Å²) in [5.74, 6) is -7.66. The summed E-state index contributed by atoms with van der Waals surface area (Å²) in [6.07, 6.45) is -4.85. The first-order valence-electron chi connectivity index (χ1n) is 10.4. The molecule has 0 aliphatic heterocycles. The van der Waals surface area contributed by atoms with Crippen LogP contribution in [0.3, 0.4) is 0 Å². The van der Waals surface area contributed by atoms with Gasteiger partial charge in [0, 0.05) is 17.7 Å². The van der Waals surface area contributed by atoms with E-state index in [0.29, 0.717) is 18.2 Å². The first-order chi connectivity index (χ1) is 17.6. The van der Waals surface area contributed by atoms with Gasteiger partial charge in [-0.3, -0.25) is 9.59 Å². The van der Waals surface area contributed by atoms with E-state index in [4.69, 9.17) is 46.4 Å². The molecule has 0 saturated heterocycles. The third-order valence-electron chi connectivity index (χ3n) is 5.71. The standard InChI is InChI=1S/C24H12Cl4F6N2O2/c25-14-3-2-11(8-12(14)21(37)36-17-4-1-10(29)7-16(17)30)35-22(38)19-18(23(19,27)28)13-5-9(24(32,33)34)6-15(26)20(13)31/h1-8,18-19H,(H,35,38)(H,36,37). The van der Waals surface area contributed by atoms with Crippen LogP contribution in [0.15, 0.2) is 48.5 Å². The van der Waals surface area contributed by atoms with Crippen LogP contribution in [0, 0.1) is 23.4 Å². The minimum Gasteiger partial charge on any atom is -0.326 e. The molecular formula is C24H12Cl4F6N2O2. The molecule has 1 saturated carbocycles. The summed E-state index contributed by atoms with van der Waals surface area (Å²) in [5.41, 5.74) is -2.40. The van der Waals surface area contributed by atoms with E-state index < -0.39 is 67.8 Å². The van der Waals surface area contributed by atoms with Crippen molar-refractivity contribution in [1.29, 1.82) is 0 Å². The van der Waals surface area contributed by atoms with Crippen LogP contribution < -0.4 is 10.6 Å². The number of alkyl halides is 5. The van der Waals surface area contributed by atoms with Crippen LogP contribution in [-0.4, -0.2) is 16.1 Å². The number of anilines is 2. The van der Waals surface area contributed by atoms with E-state index in [1.165, 1.54) is 12.1 Å². The lowest BCUT2D eigenvalue weighted by atomic mass is 10.0. The Balaban J connectivity index is 1.56. The van der Waals surface area contributed by atoms with E-state index in [9.17, 15) is 35.9 Å². The maximum atomic E-state index is 14.6. The fraction of sp³-hybridized carbons (Fsp3) is 0.167. The number of halogens is 10. The predicted octanol–water partition coefficient (Wildman–Crippen LogP) is 8.21. The highest BCUT2D eigenvalue weighted by atomic mass is 35.5. The molecule has 3 aromatic carbocycles. The van der Waals surface area contributed by atoms with Crippen molar-refractivity contribution in [3.8, 4) is 0 Å². The molecule has 1 aliphatic rings. The molecule has 2 atom stereocenters. The van der Waals surface area contributed by atoms with Crippen molar-refractivity contribution in [1.82, 2.24) is 0 Å². The van der Waals surface area contributed by atoms with Crippen LogP contribution in [0.2, 0.25) is 10.0 Å². The smallest absolute Gasteiger partial charge is 0.326 e. The summed E-state index contributed by atoms with van der Waals surface area (Å²) >= 11 is 24.0. The Hall–Kier alpha value is -2.66. The van der Waals surface area contributed by atoms with Gasteiger partial charge in [-0.25, -0.2) is 13.2 Å². The first-order valence-corrected chi connectivity index (χ1v) is 11.9. The van der Waals surface area contributed by atoms with E-state index in [2.05, 4.69) is 10.6 Å². The van der Waals surface area contributed by atoms with Crippen molar-refractivity contribution in [2.45, 2.75) is 16.4 Å². The Morgan fingerprint density at radius 3 is 2.18 bits per heavy atom. The molecule has 0 bridgehead atoms. The molecule has 2 N–H and O–H groups in total. The zero-order valence-corrected chi connectivity index (χ0v) is 21.4. The topological polar surface area (TPSA) is 58.2 Å². The normalized spacial score (nSPS) is 18.2. The number of benzene rings is 3. The van der Waals surface area contributed by atoms with Gasteiger partial charge in [0.2, 0.25) is 5.91 Å². The third-order valence-corrected chi connectivity index (χ3v) is 7.26. The fourth-order valence-electron chi connectivity index (χ4n) is 3.82. The number of hydrogen-bond acceptors (Lipinski definition) is 2. The SMILES string of the molecule is O=C(Nc1ccc(F)cc1F)c1cc(NC(=O)C2C(c3cc(C(F)(F)F)cc(Cl)c3F)C2(Cl)Cl)ccc1Cl. The Kier molecular flexibility index (Phi) is 7.57. The molecule has 200 valence electrons. The van der Waals surface area contributed by atoms with Gasteiger partial charge in [0.25, 0.3) is 5.91 Å². The largest absolute Gasteiger partial charge is 0.416 e. The van der Waals surface area contributed by atoms with Gasteiger partial charge >= 0.3 is 6.18 Å². The molecule has 0 aromatic heterocycles. The minimum absolute atomic E-state index is 0.0125. The second-order valence-electron chi connectivity index (χ2n) is 8.25. The molecule has 1 fully saturated rings. The Morgan fingerprint density at radius 2 is 1.55 bits per heavy atom. The van der Waals surface area contributed by atoms with Gasteiger partial charge in [-0.1, -0.05) is 23.2 Å². The summed E-state index contributed by atoms with van der Waals surface area (Å²) in [7, 11) is 0. The van der Waals surface area contributed by atoms with Crippen LogP contribution in [0.25, 0.3) is 0 Å². The maximum Gasteiger partial charge on any atom is 0.416 e. The number of hydrogen-bond donors (Lipinski definition) is 2. The van der Waals surface area contributed by atoms with Crippen molar-refractivity contribution in [3.05, 3.63) is 92.7 Å². The Labute approximate surface area is 230 Å². The Bertz CT molecular complexity index is 1460. The van der Waals surface area contributed by atoms with Crippen molar-refractivity contribution in [2.24, 2.45) is 5.92 Å². The van der Waals surface area contributed by atoms with Gasteiger partial charge in [-0.15, -0.1) is 23.2 Å². The number of carbonyl (C=O) groups is 2. The Morgan fingerprint density at radius 1 is 0.868 bits per heavy atom. The second-order valence-corrected chi connectivity index (χ2v) is 10.5. The molecule has 0 radical (unpaired) electrons. The quantitative estimate of drug-likeness (QED) is 0.224. The highest BCUT2D eigenvalue weighted by Crippen LogP contribution is 2.66. The molecule has 38 heavy (non-hydrogen) atoms. The maximum absolute atomic E-state index is 14.6. The van der Waals surface area contributed by atoms with Crippen molar-refractivity contribution in [3.63, 3.8) is 0 Å². The summed E-state index contributed by atoms with van der Waals surface area (Å²) < 4.78 is 79.3. The lowest BCUT2D eigenvalue weighted by Gasteiger charge is -2.12. The first kappa shape index (κ1) is 28.4. The number of carbonyl (C=O) groups excluding carboxylic acids is 2. The fourth-order valence-corrected chi connectivity index (χ4v) is 5.06. The molecule has 4 rings (SSSR count). The van der Waals surface area contributed by atoms with E-state index in [-0.39, 0.29) is 22.0 Å². The summed E-state index contributed by atoms with van der Waals surface area (Å²) in [6.45, 7) is 0. The zero-order valence-electron chi connectivity index (χ0n) is 18.4. The van der Waals surface area contributed by atoms with E-state index in [1.54, 1.807) is 0 Å². The summed E-state index contributed by atoms with van der Waals surface area (Å²) in [4.78, 5) is 25.5. The molecule has 0 spiro atoms. The average Bonchev–Trinajstić information content (AvgIpc) is 3.39. The van der Waals surface area contributed by atoms with Gasteiger partial charge in [0.15, 0.2) is 0 Å². The minimum atomic E-state index is -4.85. The molecule has 14 heteroatoms. The van der Waals surface area contributed by atoms with Crippen LogP contribution >= 0.6 is 46.4 Å². The van der Waals surface area contributed by atoms with Gasteiger partial charge in [0.05, 0.1) is 32.8 Å². The number of amides is 2. The number of nitrogens with one attached hydrogen (secondary N) is 2. The van der Waals surface area contributed by atoms with Crippen molar-refractivity contribution < 1.29 is 35.9 Å². The van der Waals surface area contributed by atoms with Gasteiger partial charge in [0.1, 0.15) is 21.8 Å². The molecule has 3 aromatic rings. The van der Waals surface area contributed by atoms with Crippen molar-refractivity contribution >= 4 is 69.6 Å². The third kappa shape index (κ3) is 5.54. The van der Waals surface area contributed by atoms with Gasteiger partial charge in [-0.05, 0) is 48.0 Å². The molecule has 2 unspecified atom stereocenters. The zero-order chi connectivity index (χ0) is 28.2. The molecule has 0 heterocycles. The predicted molar refractivity (Wildman–Crippen MR) is 131 cm³/mol. The van der Waals surface area contributed by atoms with Crippen LogP contribution in [0.4, 0.5) is 37.7 Å². The molecule has 2 amide bonds. The highest BCUT2D eigenvalue weighted by molar-refractivity contribution is 6.53. The highest BCUT2D eigenvalue weighted by Gasteiger charge is 2.68. The van der Waals surface area contributed by atoms with E-state index in [0.717, 1.165) is 18.2 Å². The average molecular weight is 616 g/mol.